The van der Waals surface area contributed by atoms with Gasteiger partial charge in [0.2, 0.25) is 0 Å². The van der Waals surface area contributed by atoms with Crippen molar-refractivity contribution in [1.82, 2.24) is 9.88 Å². The van der Waals surface area contributed by atoms with Gasteiger partial charge in [0.15, 0.2) is 0 Å². The molecule has 1 atom stereocenters. The van der Waals surface area contributed by atoms with Gasteiger partial charge in [0, 0.05) is 36.2 Å². The molecule has 0 bridgehead atoms. The van der Waals surface area contributed by atoms with Crippen molar-refractivity contribution in [2.24, 2.45) is 0 Å². The molecule has 108 valence electrons. The zero-order valence-corrected chi connectivity index (χ0v) is 12.7. The van der Waals surface area contributed by atoms with Gasteiger partial charge in [0.1, 0.15) is 0 Å². The lowest BCUT2D eigenvalue weighted by molar-refractivity contribution is 0.575. The van der Waals surface area contributed by atoms with Crippen LogP contribution in [0.25, 0.3) is 10.9 Å². The van der Waals surface area contributed by atoms with Crippen molar-refractivity contribution in [2.45, 2.75) is 33.0 Å². The molecule has 2 heteroatoms. The second-order valence-corrected chi connectivity index (χ2v) is 5.47. The van der Waals surface area contributed by atoms with Crippen LogP contribution in [0.4, 0.5) is 0 Å². The Morgan fingerprint density at radius 1 is 1.00 bits per heavy atom. The molecule has 0 radical (unpaired) electrons. The number of para-hydroxylation sites is 1. The lowest BCUT2D eigenvalue weighted by Crippen LogP contribution is -2.17. The summed E-state index contributed by atoms with van der Waals surface area (Å²) in [6.45, 7) is 6.31. The van der Waals surface area contributed by atoms with Gasteiger partial charge in [-0.15, -0.1) is 0 Å². The van der Waals surface area contributed by atoms with Crippen LogP contribution >= 0.6 is 0 Å². The summed E-state index contributed by atoms with van der Waals surface area (Å²) in [4.78, 5) is 0. The predicted molar refractivity (Wildman–Crippen MR) is 89.3 cm³/mol. The minimum Gasteiger partial charge on any atom is -0.347 e. The van der Waals surface area contributed by atoms with Gasteiger partial charge in [-0.1, -0.05) is 48.5 Å². The SMILES string of the molecule is CCn1cc(CNC(C)c2ccccc2)c2ccccc21. The topological polar surface area (TPSA) is 17.0 Å². The Balaban J connectivity index is 1.79. The van der Waals surface area contributed by atoms with E-state index < -0.39 is 0 Å². The third-order valence-electron chi connectivity index (χ3n) is 4.11. The van der Waals surface area contributed by atoms with Crippen LogP contribution in [0.5, 0.6) is 0 Å². The predicted octanol–water partition coefficient (Wildman–Crippen LogP) is 4.51. The number of hydrogen-bond acceptors (Lipinski definition) is 1. The van der Waals surface area contributed by atoms with E-state index in [0.29, 0.717) is 6.04 Å². The lowest BCUT2D eigenvalue weighted by atomic mass is 10.1. The van der Waals surface area contributed by atoms with E-state index >= 15 is 0 Å². The van der Waals surface area contributed by atoms with E-state index in [1.807, 2.05) is 0 Å². The quantitative estimate of drug-likeness (QED) is 0.726. The third kappa shape index (κ3) is 2.86. The largest absolute Gasteiger partial charge is 0.347 e. The Kier molecular flexibility index (Phi) is 4.07. The molecule has 2 aromatic carbocycles. The van der Waals surface area contributed by atoms with Crippen LogP contribution in [0.3, 0.4) is 0 Å². The Hall–Kier alpha value is -2.06. The first-order chi connectivity index (χ1) is 10.3. The molecule has 21 heavy (non-hydrogen) atoms. The first-order valence-corrected chi connectivity index (χ1v) is 7.64. The highest BCUT2D eigenvalue weighted by Gasteiger charge is 2.09. The van der Waals surface area contributed by atoms with Gasteiger partial charge in [-0.2, -0.15) is 0 Å². The fraction of sp³-hybridized carbons (Fsp3) is 0.263. The summed E-state index contributed by atoms with van der Waals surface area (Å²) >= 11 is 0. The molecule has 0 spiro atoms. The highest BCUT2D eigenvalue weighted by molar-refractivity contribution is 5.83. The fourth-order valence-electron chi connectivity index (χ4n) is 2.85. The first kappa shape index (κ1) is 13.9. The van der Waals surface area contributed by atoms with E-state index in [-0.39, 0.29) is 0 Å². The third-order valence-corrected chi connectivity index (χ3v) is 4.11. The van der Waals surface area contributed by atoms with Gasteiger partial charge >= 0.3 is 0 Å². The average Bonchev–Trinajstić information content (AvgIpc) is 2.91. The van der Waals surface area contributed by atoms with Crippen molar-refractivity contribution in [3.05, 3.63) is 71.9 Å². The molecule has 0 aliphatic rings. The lowest BCUT2D eigenvalue weighted by Gasteiger charge is -2.13. The Morgan fingerprint density at radius 2 is 1.71 bits per heavy atom. The number of fused-ring (bicyclic) bond motifs is 1. The Labute approximate surface area is 126 Å². The van der Waals surface area contributed by atoms with Gasteiger partial charge in [0.05, 0.1) is 0 Å². The minimum absolute atomic E-state index is 0.356. The van der Waals surface area contributed by atoms with Crippen LogP contribution in [-0.2, 0) is 13.1 Å². The number of nitrogens with zero attached hydrogens (tertiary/aromatic N) is 1. The molecule has 0 aliphatic heterocycles. The summed E-state index contributed by atoms with van der Waals surface area (Å²) in [7, 11) is 0. The number of nitrogens with one attached hydrogen (secondary N) is 1. The van der Waals surface area contributed by atoms with Gasteiger partial charge in [-0.3, -0.25) is 0 Å². The zero-order chi connectivity index (χ0) is 14.7. The van der Waals surface area contributed by atoms with Gasteiger partial charge < -0.3 is 9.88 Å². The van der Waals surface area contributed by atoms with Crippen molar-refractivity contribution in [2.75, 3.05) is 0 Å². The molecule has 0 amide bonds. The summed E-state index contributed by atoms with van der Waals surface area (Å²) in [6.07, 6.45) is 2.27. The summed E-state index contributed by atoms with van der Waals surface area (Å²) in [6, 6.07) is 19.6. The van der Waals surface area contributed by atoms with E-state index in [1.165, 1.54) is 22.0 Å². The van der Waals surface area contributed by atoms with Crippen molar-refractivity contribution >= 4 is 10.9 Å². The molecule has 0 saturated carbocycles. The Morgan fingerprint density at radius 3 is 2.48 bits per heavy atom. The average molecular weight is 278 g/mol. The molecule has 3 rings (SSSR count). The Bertz CT molecular complexity index is 713. The summed E-state index contributed by atoms with van der Waals surface area (Å²) in [5.41, 5.74) is 4.02. The smallest absolute Gasteiger partial charge is 0.0483 e. The number of rotatable bonds is 5. The van der Waals surface area contributed by atoms with E-state index in [9.17, 15) is 0 Å². The summed E-state index contributed by atoms with van der Waals surface area (Å²) in [5.74, 6) is 0. The van der Waals surface area contributed by atoms with Gasteiger partial charge in [0.25, 0.3) is 0 Å². The first-order valence-electron chi connectivity index (χ1n) is 7.64. The molecule has 1 heterocycles. The van der Waals surface area contributed by atoms with E-state index in [1.54, 1.807) is 0 Å². The molecule has 1 aromatic heterocycles. The molecule has 0 saturated heterocycles. The van der Waals surface area contributed by atoms with Gasteiger partial charge in [-0.25, -0.2) is 0 Å². The maximum absolute atomic E-state index is 3.63. The second-order valence-electron chi connectivity index (χ2n) is 5.47. The molecular formula is C19H22N2. The number of hydrogen-bond donors (Lipinski definition) is 1. The maximum atomic E-state index is 3.63. The molecule has 0 aliphatic carbocycles. The minimum atomic E-state index is 0.356. The van der Waals surface area contributed by atoms with Crippen LogP contribution in [0.2, 0.25) is 0 Å². The maximum Gasteiger partial charge on any atom is 0.0483 e. The highest BCUT2D eigenvalue weighted by atomic mass is 15.0. The van der Waals surface area contributed by atoms with Crippen molar-refractivity contribution in [1.29, 1.82) is 0 Å². The van der Waals surface area contributed by atoms with E-state index in [0.717, 1.165) is 13.1 Å². The summed E-state index contributed by atoms with van der Waals surface area (Å²) in [5, 5.41) is 4.99. The molecule has 2 nitrogen and oxygen atoms in total. The zero-order valence-electron chi connectivity index (χ0n) is 12.7. The normalized spacial score (nSPS) is 12.7. The van der Waals surface area contributed by atoms with Crippen molar-refractivity contribution in [3.8, 4) is 0 Å². The standard InChI is InChI=1S/C19H22N2/c1-3-21-14-17(18-11-7-8-12-19(18)21)13-20-15(2)16-9-5-4-6-10-16/h4-12,14-15,20H,3,13H2,1-2H3. The van der Waals surface area contributed by atoms with Crippen LogP contribution in [-0.4, -0.2) is 4.57 Å². The number of aryl methyl sites for hydroxylation is 1. The van der Waals surface area contributed by atoms with Crippen LogP contribution in [0.1, 0.15) is 31.0 Å². The van der Waals surface area contributed by atoms with Crippen LogP contribution in [0.15, 0.2) is 60.8 Å². The van der Waals surface area contributed by atoms with Crippen LogP contribution in [0, 0.1) is 0 Å². The number of aromatic nitrogens is 1. The van der Waals surface area contributed by atoms with Crippen LogP contribution < -0.4 is 5.32 Å². The highest BCUT2D eigenvalue weighted by Crippen LogP contribution is 2.22. The molecule has 1 unspecified atom stereocenters. The van der Waals surface area contributed by atoms with Gasteiger partial charge in [-0.05, 0) is 31.0 Å². The van der Waals surface area contributed by atoms with E-state index in [2.05, 4.69) is 84.5 Å². The van der Waals surface area contributed by atoms with Crippen molar-refractivity contribution in [3.63, 3.8) is 0 Å². The number of benzene rings is 2. The second kappa shape index (κ2) is 6.15. The fourth-order valence-corrected chi connectivity index (χ4v) is 2.85. The summed E-state index contributed by atoms with van der Waals surface area (Å²) < 4.78 is 2.32. The van der Waals surface area contributed by atoms with E-state index in [4.69, 9.17) is 0 Å². The molecule has 0 fully saturated rings. The van der Waals surface area contributed by atoms with Crippen molar-refractivity contribution < 1.29 is 0 Å². The molecular weight excluding hydrogens is 256 g/mol. The monoisotopic (exact) mass is 278 g/mol. The molecule has 1 N–H and O–H groups in total. The molecule has 3 aromatic rings.